The van der Waals surface area contributed by atoms with E-state index in [2.05, 4.69) is 13.8 Å². The van der Waals surface area contributed by atoms with Gasteiger partial charge in [0.05, 0.1) is 0 Å². The number of hydrogen-bond acceptors (Lipinski definition) is 0. The number of halogens is 1. The van der Waals surface area contributed by atoms with Gasteiger partial charge in [0.15, 0.2) is 0 Å². The van der Waals surface area contributed by atoms with E-state index in [1.165, 1.54) is 32.1 Å². The Morgan fingerprint density at radius 3 is 2.42 bits per heavy atom. The van der Waals surface area contributed by atoms with E-state index >= 15 is 0 Å². The summed E-state index contributed by atoms with van der Waals surface area (Å²) in [5.74, 6) is 1.72. The summed E-state index contributed by atoms with van der Waals surface area (Å²) in [5.41, 5.74) is 0. The van der Waals surface area contributed by atoms with Crippen LogP contribution in [0, 0.1) is 11.8 Å². The SMILES string of the molecule is CCC(Cl)C(C)CC1CCCC1. The molecule has 2 unspecified atom stereocenters. The largest absolute Gasteiger partial charge is 0.123 e. The molecular formula is C11H21Cl. The third-order valence-electron chi connectivity index (χ3n) is 3.19. The van der Waals surface area contributed by atoms with Crippen LogP contribution in [0.2, 0.25) is 0 Å². The molecule has 0 saturated heterocycles. The molecule has 0 aromatic heterocycles. The molecule has 0 radical (unpaired) electrons. The molecule has 0 amide bonds. The summed E-state index contributed by atoms with van der Waals surface area (Å²) in [7, 11) is 0. The van der Waals surface area contributed by atoms with Crippen molar-refractivity contribution < 1.29 is 0 Å². The van der Waals surface area contributed by atoms with Crippen LogP contribution >= 0.6 is 11.6 Å². The predicted octanol–water partition coefficient (Wildman–Crippen LogP) is 4.22. The second kappa shape index (κ2) is 5.11. The van der Waals surface area contributed by atoms with E-state index < -0.39 is 0 Å². The quantitative estimate of drug-likeness (QED) is 0.580. The fourth-order valence-corrected chi connectivity index (χ4v) is 2.42. The fraction of sp³-hybridized carbons (Fsp3) is 1.00. The van der Waals surface area contributed by atoms with Crippen molar-refractivity contribution in [1.82, 2.24) is 0 Å². The second-order valence-electron chi connectivity index (χ2n) is 4.29. The zero-order valence-corrected chi connectivity index (χ0v) is 9.11. The number of rotatable bonds is 4. The highest BCUT2D eigenvalue weighted by Crippen LogP contribution is 2.32. The summed E-state index contributed by atoms with van der Waals surface area (Å²) in [5, 5.41) is 0.408. The van der Waals surface area contributed by atoms with Crippen molar-refractivity contribution in [2.75, 3.05) is 0 Å². The lowest BCUT2D eigenvalue weighted by Crippen LogP contribution is -2.13. The van der Waals surface area contributed by atoms with Gasteiger partial charge in [-0.15, -0.1) is 11.6 Å². The molecule has 1 aliphatic rings. The molecule has 0 aliphatic heterocycles. The molecule has 0 spiro atoms. The predicted molar refractivity (Wildman–Crippen MR) is 55.7 cm³/mol. The van der Waals surface area contributed by atoms with E-state index in [0.29, 0.717) is 5.38 Å². The van der Waals surface area contributed by atoms with Crippen molar-refractivity contribution in [1.29, 1.82) is 0 Å². The fourth-order valence-electron chi connectivity index (χ4n) is 2.32. The molecule has 0 nitrogen and oxygen atoms in total. The molecule has 1 saturated carbocycles. The van der Waals surface area contributed by atoms with Gasteiger partial charge in [-0.05, 0) is 24.7 Å². The molecule has 12 heavy (non-hydrogen) atoms. The standard InChI is InChI=1S/C11H21Cl/c1-3-11(12)9(2)8-10-6-4-5-7-10/h9-11H,3-8H2,1-2H3. The van der Waals surface area contributed by atoms with Crippen molar-refractivity contribution in [2.24, 2.45) is 11.8 Å². The molecule has 0 aromatic rings. The van der Waals surface area contributed by atoms with Crippen LogP contribution in [0.3, 0.4) is 0 Å². The molecule has 1 heteroatoms. The summed E-state index contributed by atoms with van der Waals surface area (Å²) in [6.07, 6.45) is 8.31. The third kappa shape index (κ3) is 2.97. The maximum absolute atomic E-state index is 6.19. The van der Waals surface area contributed by atoms with Gasteiger partial charge in [-0.25, -0.2) is 0 Å². The van der Waals surface area contributed by atoms with Crippen LogP contribution in [0.5, 0.6) is 0 Å². The monoisotopic (exact) mass is 188 g/mol. The van der Waals surface area contributed by atoms with Crippen LogP contribution in [-0.4, -0.2) is 5.38 Å². The first-order chi connectivity index (χ1) is 5.74. The van der Waals surface area contributed by atoms with Crippen LogP contribution in [0.1, 0.15) is 52.4 Å². The molecular weight excluding hydrogens is 168 g/mol. The summed E-state index contributed by atoms with van der Waals surface area (Å²) in [4.78, 5) is 0. The highest BCUT2D eigenvalue weighted by Gasteiger charge is 2.20. The van der Waals surface area contributed by atoms with Gasteiger partial charge in [0, 0.05) is 5.38 Å². The van der Waals surface area contributed by atoms with E-state index in [1.54, 1.807) is 0 Å². The average Bonchev–Trinajstić information content (AvgIpc) is 2.55. The van der Waals surface area contributed by atoms with E-state index in [0.717, 1.165) is 18.3 Å². The van der Waals surface area contributed by atoms with Gasteiger partial charge in [-0.1, -0.05) is 39.5 Å². The normalized spacial score (nSPS) is 24.2. The van der Waals surface area contributed by atoms with Crippen molar-refractivity contribution in [2.45, 2.75) is 57.7 Å². The van der Waals surface area contributed by atoms with Crippen LogP contribution in [0.4, 0.5) is 0 Å². The van der Waals surface area contributed by atoms with Crippen molar-refractivity contribution >= 4 is 11.6 Å². The molecule has 2 atom stereocenters. The van der Waals surface area contributed by atoms with Crippen LogP contribution in [0.15, 0.2) is 0 Å². The maximum Gasteiger partial charge on any atom is 0.0359 e. The third-order valence-corrected chi connectivity index (χ3v) is 3.93. The summed E-state index contributed by atoms with van der Waals surface area (Å²) in [6.45, 7) is 4.49. The molecule has 1 aliphatic carbocycles. The molecule has 1 rings (SSSR count). The van der Waals surface area contributed by atoms with Gasteiger partial charge in [-0.3, -0.25) is 0 Å². The lowest BCUT2D eigenvalue weighted by Gasteiger charge is -2.19. The van der Waals surface area contributed by atoms with Crippen molar-refractivity contribution in [3.05, 3.63) is 0 Å². The Morgan fingerprint density at radius 2 is 1.92 bits per heavy atom. The Balaban J connectivity index is 2.19. The summed E-state index contributed by atoms with van der Waals surface area (Å²) >= 11 is 6.19. The van der Waals surface area contributed by atoms with Gasteiger partial charge in [-0.2, -0.15) is 0 Å². The highest BCUT2D eigenvalue weighted by atomic mass is 35.5. The minimum Gasteiger partial charge on any atom is -0.123 e. The number of hydrogen-bond donors (Lipinski definition) is 0. The smallest absolute Gasteiger partial charge is 0.0359 e. The molecule has 0 bridgehead atoms. The van der Waals surface area contributed by atoms with E-state index in [-0.39, 0.29) is 0 Å². The molecule has 0 heterocycles. The first-order valence-corrected chi connectivity index (χ1v) is 5.81. The van der Waals surface area contributed by atoms with Gasteiger partial charge < -0.3 is 0 Å². The zero-order valence-electron chi connectivity index (χ0n) is 8.35. The van der Waals surface area contributed by atoms with Gasteiger partial charge in [0.2, 0.25) is 0 Å². The minimum atomic E-state index is 0.408. The van der Waals surface area contributed by atoms with Gasteiger partial charge in [0.1, 0.15) is 0 Å². The van der Waals surface area contributed by atoms with E-state index in [4.69, 9.17) is 11.6 Å². The maximum atomic E-state index is 6.19. The molecule has 0 N–H and O–H groups in total. The lowest BCUT2D eigenvalue weighted by atomic mass is 9.91. The van der Waals surface area contributed by atoms with Crippen LogP contribution < -0.4 is 0 Å². The topological polar surface area (TPSA) is 0 Å². The first kappa shape index (κ1) is 10.4. The van der Waals surface area contributed by atoms with Crippen LogP contribution in [-0.2, 0) is 0 Å². The van der Waals surface area contributed by atoms with Gasteiger partial charge >= 0.3 is 0 Å². The second-order valence-corrected chi connectivity index (χ2v) is 4.85. The van der Waals surface area contributed by atoms with E-state index in [1.807, 2.05) is 0 Å². The van der Waals surface area contributed by atoms with Crippen molar-refractivity contribution in [3.63, 3.8) is 0 Å². The lowest BCUT2D eigenvalue weighted by molar-refractivity contribution is 0.382. The Bertz CT molecular complexity index is 116. The molecule has 1 fully saturated rings. The Kier molecular flexibility index (Phi) is 4.42. The first-order valence-electron chi connectivity index (χ1n) is 5.38. The molecule has 72 valence electrons. The Labute approximate surface area is 81.7 Å². The van der Waals surface area contributed by atoms with Crippen LogP contribution in [0.25, 0.3) is 0 Å². The summed E-state index contributed by atoms with van der Waals surface area (Å²) in [6, 6.07) is 0. The Hall–Kier alpha value is 0.290. The minimum absolute atomic E-state index is 0.408. The average molecular weight is 189 g/mol. The molecule has 0 aromatic carbocycles. The highest BCUT2D eigenvalue weighted by molar-refractivity contribution is 6.20. The Morgan fingerprint density at radius 1 is 1.33 bits per heavy atom. The van der Waals surface area contributed by atoms with Crippen molar-refractivity contribution in [3.8, 4) is 0 Å². The van der Waals surface area contributed by atoms with E-state index in [9.17, 15) is 0 Å². The van der Waals surface area contributed by atoms with Gasteiger partial charge in [0.25, 0.3) is 0 Å². The number of alkyl halides is 1. The zero-order chi connectivity index (χ0) is 8.97. The summed E-state index contributed by atoms with van der Waals surface area (Å²) < 4.78 is 0.